The molecular formula is C13H16N2O2S2. The van der Waals surface area contributed by atoms with Gasteiger partial charge in [-0.3, -0.25) is 9.59 Å². The fourth-order valence-electron chi connectivity index (χ4n) is 2.83. The van der Waals surface area contributed by atoms with Crippen LogP contribution in [0.25, 0.3) is 0 Å². The number of amides is 2. The first-order valence-electron chi connectivity index (χ1n) is 6.46. The van der Waals surface area contributed by atoms with E-state index in [1.165, 1.54) is 4.88 Å². The molecular weight excluding hydrogens is 280 g/mol. The highest BCUT2D eigenvalue weighted by molar-refractivity contribution is 8.00. The normalized spacial score (nSPS) is 26.2. The number of hydrogen-bond acceptors (Lipinski definition) is 4. The maximum atomic E-state index is 12.7. The molecule has 0 aliphatic carbocycles. The minimum Gasteiger partial charge on any atom is -0.368 e. The lowest BCUT2D eigenvalue weighted by Crippen LogP contribution is -2.45. The van der Waals surface area contributed by atoms with E-state index in [2.05, 4.69) is 0 Å². The number of primary amides is 1. The molecule has 0 unspecified atom stereocenters. The van der Waals surface area contributed by atoms with Gasteiger partial charge in [0, 0.05) is 11.4 Å². The van der Waals surface area contributed by atoms with Crippen LogP contribution in [0.2, 0.25) is 0 Å². The van der Waals surface area contributed by atoms with Crippen LogP contribution < -0.4 is 5.73 Å². The van der Waals surface area contributed by atoms with Gasteiger partial charge in [0.1, 0.15) is 11.3 Å². The molecule has 3 heterocycles. The van der Waals surface area contributed by atoms with Crippen molar-refractivity contribution in [3.63, 3.8) is 0 Å². The summed E-state index contributed by atoms with van der Waals surface area (Å²) in [6, 6.07) is 1.64. The fraction of sp³-hybridized carbons (Fsp3) is 0.538. The first-order chi connectivity index (χ1) is 9.18. The van der Waals surface area contributed by atoms with Crippen molar-refractivity contribution >= 4 is 34.9 Å². The third kappa shape index (κ3) is 2.27. The highest BCUT2D eigenvalue weighted by Gasteiger charge is 2.38. The van der Waals surface area contributed by atoms with Crippen LogP contribution in [0.5, 0.6) is 0 Å². The maximum Gasteiger partial charge on any atom is 0.240 e. The minimum atomic E-state index is -0.405. The molecule has 1 aromatic rings. The van der Waals surface area contributed by atoms with Crippen molar-refractivity contribution in [3.05, 3.63) is 21.9 Å². The molecule has 4 nitrogen and oxygen atoms in total. The van der Waals surface area contributed by atoms with E-state index in [9.17, 15) is 9.59 Å². The lowest BCUT2D eigenvalue weighted by molar-refractivity contribution is -0.136. The standard InChI is InChI=1S/C13H16N2O2S2/c14-12(16)9-2-1-5-15(9)13(17)11-8-3-6-18-10(8)4-7-19-11/h3,6,9,11H,1-2,4-5,7H2,(H2,14,16)/t9-,11+/m1/s1. The molecule has 2 N–H and O–H groups in total. The summed E-state index contributed by atoms with van der Waals surface area (Å²) in [4.78, 5) is 27.1. The fourth-order valence-corrected chi connectivity index (χ4v) is 5.19. The van der Waals surface area contributed by atoms with Crippen molar-refractivity contribution in [3.8, 4) is 0 Å². The highest BCUT2D eigenvalue weighted by atomic mass is 32.2. The Morgan fingerprint density at radius 3 is 3.05 bits per heavy atom. The largest absolute Gasteiger partial charge is 0.368 e. The number of thioether (sulfide) groups is 1. The van der Waals surface area contributed by atoms with E-state index in [0.717, 1.165) is 24.2 Å². The maximum absolute atomic E-state index is 12.7. The summed E-state index contributed by atoms with van der Waals surface area (Å²) >= 11 is 3.40. The van der Waals surface area contributed by atoms with Crippen LogP contribution in [0.1, 0.15) is 28.5 Å². The molecule has 0 spiro atoms. The van der Waals surface area contributed by atoms with Crippen LogP contribution in [-0.4, -0.2) is 35.1 Å². The third-order valence-electron chi connectivity index (χ3n) is 3.76. The van der Waals surface area contributed by atoms with Gasteiger partial charge in [0.2, 0.25) is 11.8 Å². The summed E-state index contributed by atoms with van der Waals surface area (Å²) in [5.41, 5.74) is 6.53. The molecule has 2 atom stereocenters. The van der Waals surface area contributed by atoms with E-state index < -0.39 is 6.04 Å². The van der Waals surface area contributed by atoms with Crippen molar-refractivity contribution in [1.82, 2.24) is 4.90 Å². The van der Waals surface area contributed by atoms with Crippen molar-refractivity contribution in [2.24, 2.45) is 5.73 Å². The van der Waals surface area contributed by atoms with Gasteiger partial charge in [-0.2, -0.15) is 0 Å². The Hall–Kier alpha value is -1.01. The molecule has 0 radical (unpaired) electrons. The molecule has 102 valence electrons. The van der Waals surface area contributed by atoms with Crippen molar-refractivity contribution in [1.29, 1.82) is 0 Å². The first-order valence-corrected chi connectivity index (χ1v) is 8.39. The molecule has 3 rings (SSSR count). The average molecular weight is 296 g/mol. The Balaban J connectivity index is 1.84. The Morgan fingerprint density at radius 2 is 2.26 bits per heavy atom. The minimum absolute atomic E-state index is 0.0608. The quantitative estimate of drug-likeness (QED) is 0.900. The molecule has 0 bridgehead atoms. The van der Waals surface area contributed by atoms with Crippen LogP contribution >= 0.6 is 23.1 Å². The van der Waals surface area contributed by atoms with Crippen molar-refractivity contribution in [2.75, 3.05) is 12.3 Å². The molecule has 1 aromatic heterocycles. The number of carbonyl (C=O) groups excluding carboxylic acids is 2. The summed E-state index contributed by atoms with van der Waals surface area (Å²) < 4.78 is 0. The number of nitrogens with two attached hydrogens (primary N) is 1. The number of nitrogens with zero attached hydrogens (tertiary/aromatic N) is 1. The molecule has 0 aromatic carbocycles. The summed E-state index contributed by atoms with van der Waals surface area (Å²) in [5.74, 6) is 0.654. The Morgan fingerprint density at radius 1 is 1.42 bits per heavy atom. The second kappa shape index (κ2) is 5.17. The summed E-state index contributed by atoms with van der Waals surface area (Å²) in [6.45, 7) is 0.656. The van der Waals surface area contributed by atoms with Crippen molar-refractivity contribution in [2.45, 2.75) is 30.6 Å². The lowest BCUT2D eigenvalue weighted by Gasteiger charge is -2.29. The Labute approximate surface area is 120 Å². The van der Waals surface area contributed by atoms with Gasteiger partial charge >= 0.3 is 0 Å². The van der Waals surface area contributed by atoms with E-state index in [0.29, 0.717) is 13.0 Å². The SMILES string of the molecule is NC(=O)[C@H]1CCCN1C(=O)[C@H]1SCCc2sccc21. The number of carbonyl (C=O) groups is 2. The van der Waals surface area contributed by atoms with Gasteiger partial charge in [-0.25, -0.2) is 0 Å². The van der Waals surface area contributed by atoms with E-state index in [-0.39, 0.29) is 17.1 Å². The molecule has 1 saturated heterocycles. The summed E-state index contributed by atoms with van der Waals surface area (Å²) in [7, 11) is 0. The van der Waals surface area contributed by atoms with E-state index in [1.54, 1.807) is 28.0 Å². The number of fused-ring (bicyclic) bond motifs is 1. The molecule has 0 saturated carbocycles. The molecule has 1 fully saturated rings. The summed E-state index contributed by atoms with van der Waals surface area (Å²) in [6.07, 6.45) is 2.61. The average Bonchev–Trinajstić information content (AvgIpc) is 3.05. The summed E-state index contributed by atoms with van der Waals surface area (Å²) in [5, 5.41) is 1.90. The van der Waals surface area contributed by atoms with Gasteiger partial charge in [0.05, 0.1) is 0 Å². The Kier molecular flexibility index (Phi) is 3.54. The topological polar surface area (TPSA) is 63.4 Å². The molecule has 6 heteroatoms. The zero-order chi connectivity index (χ0) is 13.4. The van der Waals surface area contributed by atoms with Crippen molar-refractivity contribution < 1.29 is 9.59 Å². The lowest BCUT2D eigenvalue weighted by atomic mass is 10.1. The van der Waals surface area contributed by atoms with E-state index in [1.807, 2.05) is 11.4 Å². The smallest absolute Gasteiger partial charge is 0.240 e. The zero-order valence-electron chi connectivity index (χ0n) is 10.5. The number of rotatable bonds is 2. The molecule has 2 aliphatic heterocycles. The van der Waals surface area contributed by atoms with Gasteiger partial charge in [0.25, 0.3) is 0 Å². The number of hydrogen-bond donors (Lipinski definition) is 1. The van der Waals surface area contributed by atoms with Gasteiger partial charge in [-0.15, -0.1) is 23.1 Å². The predicted octanol–water partition coefficient (Wildman–Crippen LogP) is 1.55. The van der Waals surface area contributed by atoms with E-state index in [4.69, 9.17) is 5.73 Å². The molecule has 2 aliphatic rings. The van der Waals surface area contributed by atoms with Crippen LogP contribution in [0.3, 0.4) is 0 Å². The van der Waals surface area contributed by atoms with Gasteiger partial charge < -0.3 is 10.6 Å². The van der Waals surface area contributed by atoms with Crippen LogP contribution in [0.4, 0.5) is 0 Å². The zero-order valence-corrected chi connectivity index (χ0v) is 12.1. The van der Waals surface area contributed by atoms with Crippen LogP contribution in [0.15, 0.2) is 11.4 Å². The Bertz CT molecular complexity index is 514. The van der Waals surface area contributed by atoms with Gasteiger partial charge in [-0.05, 0) is 42.0 Å². The second-order valence-corrected chi connectivity index (χ2v) is 7.11. The number of aryl methyl sites for hydroxylation is 1. The number of likely N-dealkylation sites (tertiary alicyclic amines) is 1. The third-order valence-corrected chi connectivity index (χ3v) is 5.99. The van der Waals surface area contributed by atoms with Gasteiger partial charge in [-0.1, -0.05) is 0 Å². The van der Waals surface area contributed by atoms with Gasteiger partial charge in [0.15, 0.2) is 0 Å². The first kappa shape index (κ1) is 13.0. The van der Waals surface area contributed by atoms with Crippen LogP contribution in [-0.2, 0) is 16.0 Å². The number of thiophene rings is 1. The van der Waals surface area contributed by atoms with Crippen LogP contribution in [0, 0.1) is 0 Å². The molecule has 2 amide bonds. The highest BCUT2D eigenvalue weighted by Crippen LogP contribution is 2.41. The second-order valence-electron chi connectivity index (χ2n) is 4.89. The molecule has 19 heavy (non-hydrogen) atoms. The monoisotopic (exact) mass is 296 g/mol. The van der Waals surface area contributed by atoms with E-state index >= 15 is 0 Å². The predicted molar refractivity (Wildman–Crippen MR) is 77.2 cm³/mol.